The van der Waals surface area contributed by atoms with E-state index in [2.05, 4.69) is 53.7 Å². The zero-order chi connectivity index (χ0) is 15.6. The van der Waals surface area contributed by atoms with Gasteiger partial charge in [0.25, 0.3) is 0 Å². The molecule has 1 aromatic rings. The van der Waals surface area contributed by atoms with Gasteiger partial charge in [0, 0.05) is 12.6 Å². The smallest absolute Gasteiger partial charge is 0.405 e. The van der Waals surface area contributed by atoms with Gasteiger partial charge in [-0.25, -0.2) is 0 Å². The number of hydrogen-bond acceptors (Lipinski definition) is 2. The molecule has 0 bridgehead atoms. The second kappa shape index (κ2) is 6.35. The number of nitrogens with one attached hydrogen (secondary N) is 1. The van der Waals surface area contributed by atoms with E-state index in [1.807, 2.05) is 0 Å². The Morgan fingerprint density at radius 2 is 1.85 bits per heavy atom. The Kier molecular flexibility index (Phi) is 5.49. The van der Waals surface area contributed by atoms with Crippen LogP contribution in [0.1, 0.15) is 33.3 Å². The fourth-order valence-corrected chi connectivity index (χ4v) is 1.95. The molecule has 1 N–H and O–H groups in total. The van der Waals surface area contributed by atoms with Crippen LogP contribution in [0.15, 0.2) is 22.7 Å². The zero-order valence-corrected chi connectivity index (χ0v) is 13.5. The fourth-order valence-electron chi connectivity index (χ4n) is 1.44. The van der Waals surface area contributed by atoms with Crippen LogP contribution in [-0.4, -0.2) is 12.4 Å². The number of rotatable bonds is 4. The van der Waals surface area contributed by atoms with Crippen LogP contribution in [0.25, 0.3) is 0 Å². The summed E-state index contributed by atoms with van der Waals surface area (Å²) < 4.78 is 40.6. The molecule has 0 saturated heterocycles. The molecular formula is C14H19BrF3NO. The number of hydrogen-bond donors (Lipinski definition) is 1. The number of alkyl halides is 3. The van der Waals surface area contributed by atoms with Crippen LogP contribution in [-0.2, 0) is 6.54 Å². The molecule has 0 spiro atoms. The van der Waals surface area contributed by atoms with Gasteiger partial charge in [-0.2, -0.15) is 0 Å². The first-order valence-electron chi connectivity index (χ1n) is 6.26. The molecule has 0 aliphatic carbocycles. The summed E-state index contributed by atoms with van der Waals surface area (Å²) in [6, 6.07) is 4.85. The third-order valence-corrected chi connectivity index (χ3v) is 3.75. The summed E-state index contributed by atoms with van der Waals surface area (Å²) in [4.78, 5) is 0. The molecule has 20 heavy (non-hydrogen) atoms. The zero-order valence-electron chi connectivity index (χ0n) is 11.9. The van der Waals surface area contributed by atoms with Gasteiger partial charge < -0.3 is 10.1 Å². The van der Waals surface area contributed by atoms with Gasteiger partial charge in [-0.1, -0.05) is 26.8 Å². The molecule has 6 heteroatoms. The predicted octanol–water partition coefficient (Wildman–Crippen LogP) is 4.87. The van der Waals surface area contributed by atoms with Gasteiger partial charge in [0.15, 0.2) is 0 Å². The van der Waals surface area contributed by atoms with Crippen molar-refractivity contribution in [1.29, 1.82) is 0 Å². The second-order valence-electron chi connectivity index (χ2n) is 5.78. The van der Waals surface area contributed by atoms with Gasteiger partial charge >= 0.3 is 6.36 Å². The van der Waals surface area contributed by atoms with E-state index in [4.69, 9.17) is 0 Å². The topological polar surface area (TPSA) is 21.3 Å². The third-order valence-electron chi connectivity index (χ3n) is 3.13. The molecule has 0 radical (unpaired) electrons. The molecule has 1 aromatic carbocycles. The van der Waals surface area contributed by atoms with Gasteiger partial charge in [-0.15, -0.1) is 13.2 Å². The lowest BCUT2D eigenvalue weighted by Crippen LogP contribution is -2.37. The Hall–Kier alpha value is -0.750. The van der Waals surface area contributed by atoms with E-state index >= 15 is 0 Å². The molecule has 0 amide bonds. The summed E-state index contributed by atoms with van der Waals surface area (Å²) in [7, 11) is 0. The third kappa shape index (κ3) is 5.71. The molecule has 0 fully saturated rings. The van der Waals surface area contributed by atoms with Crippen molar-refractivity contribution in [2.24, 2.45) is 5.41 Å². The molecule has 1 rings (SSSR count). The lowest BCUT2D eigenvalue weighted by Gasteiger charge is -2.28. The SMILES string of the molecule is CC(NCc1ccc(OC(F)(F)F)c(Br)c1)C(C)(C)C. The number of halogens is 4. The van der Waals surface area contributed by atoms with Crippen LogP contribution in [0.4, 0.5) is 13.2 Å². The van der Waals surface area contributed by atoms with Gasteiger partial charge in [0.1, 0.15) is 5.75 Å². The Labute approximate surface area is 125 Å². The lowest BCUT2D eigenvalue weighted by atomic mass is 9.88. The first-order valence-corrected chi connectivity index (χ1v) is 7.06. The van der Waals surface area contributed by atoms with Crippen LogP contribution in [0.3, 0.4) is 0 Å². The van der Waals surface area contributed by atoms with Crippen LogP contribution >= 0.6 is 15.9 Å². The van der Waals surface area contributed by atoms with Crippen molar-refractivity contribution < 1.29 is 17.9 Å². The molecule has 0 saturated carbocycles. The predicted molar refractivity (Wildman–Crippen MR) is 76.6 cm³/mol. The molecule has 0 heterocycles. The maximum absolute atomic E-state index is 12.2. The summed E-state index contributed by atoms with van der Waals surface area (Å²) in [6.07, 6.45) is -4.68. The van der Waals surface area contributed by atoms with Crippen molar-refractivity contribution in [2.75, 3.05) is 0 Å². The minimum atomic E-state index is -4.68. The van der Waals surface area contributed by atoms with Crippen LogP contribution in [0.5, 0.6) is 5.75 Å². The summed E-state index contributed by atoms with van der Waals surface area (Å²) >= 11 is 3.09. The van der Waals surface area contributed by atoms with E-state index in [0.29, 0.717) is 6.54 Å². The van der Waals surface area contributed by atoms with E-state index in [9.17, 15) is 13.2 Å². The monoisotopic (exact) mass is 353 g/mol. The highest BCUT2D eigenvalue weighted by Crippen LogP contribution is 2.31. The van der Waals surface area contributed by atoms with E-state index in [1.165, 1.54) is 6.07 Å². The lowest BCUT2D eigenvalue weighted by molar-refractivity contribution is -0.274. The van der Waals surface area contributed by atoms with Crippen LogP contribution < -0.4 is 10.1 Å². The number of ether oxygens (including phenoxy) is 1. The summed E-state index contributed by atoms with van der Waals surface area (Å²) in [5, 5.41) is 3.35. The first-order chi connectivity index (χ1) is 8.99. The Morgan fingerprint density at radius 3 is 2.30 bits per heavy atom. The number of benzene rings is 1. The Morgan fingerprint density at radius 1 is 1.25 bits per heavy atom. The molecular weight excluding hydrogens is 335 g/mol. The Bertz CT molecular complexity index is 455. The van der Waals surface area contributed by atoms with Crippen LogP contribution in [0.2, 0.25) is 0 Å². The largest absolute Gasteiger partial charge is 0.573 e. The summed E-state index contributed by atoms with van der Waals surface area (Å²) in [5.41, 5.74) is 1.01. The van der Waals surface area contributed by atoms with Gasteiger partial charge in [0.2, 0.25) is 0 Å². The van der Waals surface area contributed by atoms with E-state index in [1.54, 1.807) is 12.1 Å². The average Bonchev–Trinajstić information content (AvgIpc) is 2.26. The first kappa shape index (κ1) is 17.3. The minimum absolute atomic E-state index is 0.122. The maximum Gasteiger partial charge on any atom is 0.573 e. The quantitative estimate of drug-likeness (QED) is 0.833. The van der Waals surface area contributed by atoms with E-state index in [0.717, 1.165) is 5.56 Å². The van der Waals surface area contributed by atoms with Gasteiger partial charge in [-0.05, 0) is 46.0 Å². The molecule has 1 unspecified atom stereocenters. The molecule has 0 aliphatic rings. The molecule has 2 nitrogen and oxygen atoms in total. The minimum Gasteiger partial charge on any atom is -0.405 e. The van der Waals surface area contributed by atoms with Crippen molar-refractivity contribution in [1.82, 2.24) is 5.32 Å². The highest BCUT2D eigenvalue weighted by Gasteiger charge is 2.31. The molecule has 0 aliphatic heterocycles. The van der Waals surface area contributed by atoms with Crippen molar-refractivity contribution in [3.05, 3.63) is 28.2 Å². The highest BCUT2D eigenvalue weighted by molar-refractivity contribution is 9.10. The van der Waals surface area contributed by atoms with Crippen LogP contribution in [0, 0.1) is 5.41 Å². The fraction of sp³-hybridized carbons (Fsp3) is 0.571. The molecule has 1 atom stereocenters. The molecule has 0 aromatic heterocycles. The normalized spacial score (nSPS) is 14.2. The standard InChI is InChI=1S/C14H19BrF3NO/c1-9(13(2,3)4)19-8-10-5-6-12(11(15)7-10)20-14(16,17)18/h5-7,9,19H,8H2,1-4H3. The van der Waals surface area contributed by atoms with E-state index in [-0.39, 0.29) is 21.7 Å². The molecule has 114 valence electrons. The maximum atomic E-state index is 12.2. The summed E-state index contributed by atoms with van der Waals surface area (Å²) in [6.45, 7) is 9.04. The highest BCUT2D eigenvalue weighted by atomic mass is 79.9. The van der Waals surface area contributed by atoms with E-state index < -0.39 is 6.36 Å². The van der Waals surface area contributed by atoms with Crippen molar-refractivity contribution >= 4 is 15.9 Å². The van der Waals surface area contributed by atoms with Gasteiger partial charge in [0.05, 0.1) is 4.47 Å². The second-order valence-corrected chi connectivity index (χ2v) is 6.64. The Balaban J connectivity index is 2.69. The van der Waals surface area contributed by atoms with Gasteiger partial charge in [-0.3, -0.25) is 0 Å². The van der Waals surface area contributed by atoms with Crippen molar-refractivity contribution in [2.45, 2.75) is 46.6 Å². The van der Waals surface area contributed by atoms with Crippen molar-refractivity contribution in [3.63, 3.8) is 0 Å². The van der Waals surface area contributed by atoms with Crippen molar-refractivity contribution in [3.8, 4) is 5.75 Å². The summed E-state index contributed by atoms with van der Waals surface area (Å²) in [5.74, 6) is -0.231. The average molecular weight is 354 g/mol.